The summed E-state index contributed by atoms with van der Waals surface area (Å²) in [5.41, 5.74) is 0.958. The van der Waals surface area contributed by atoms with E-state index in [9.17, 15) is 5.11 Å². The Balaban J connectivity index is 2.02. The summed E-state index contributed by atoms with van der Waals surface area (Å²) in [7, 11) is 0. The van der Waals surface area contributed by atoms with Crippen LogP contribution in [0, 0.1) is 12.8 Å². The molecule has 1 fully saturated rings. The standard InChI is InChI=1S/C13H20O2/c1-10-8-12(9-15-10)13(14)11-6-4-2-3-5-7-11/h8-9,11,13-14H,2-7H2,1H3. The Morgan fingerprint density at radius 3 is 2.47 bits per heavy atom. The van der Waals surface area contributed by atoms with Crippen molar-refractivity contribution < 1.29 is 9.52 Å². The summed E-state index contributed by atoms with van der Waals surface area (Å²) in [6.45, 7) is 1.92. The van der Waals surface area contributed by atoms with Crippen molar-refractivity contribution in [2.45, 2.75) is 51.6 Å². The highest BCUT2D eigenvalue weighted by atomic mass is 16.3. The van der Waals surface area contributed by atoms with Crippen molar-refractivity contribution in [3.8, 4) is 0 Å². The number of hydrogen-bond acceptors (Lipinski definition) is 2. The Bertz CT molecular complexity index is 295. The van der Waals surface area contributed by atoms with Crippen molar-refractivity contribution in [2.75, 3.05) is 0 Å². The average molecular weight is 208 g/mol. The molecule has 2 rings (SSSR count). The zero-order chi connectivity index (χ0) is 10.7. The van der Waals surface area contributed by atoms with Gasteiger partial charge in [0, 0.05) is 5.56 Å². The van der Waals surface area contributed by atoms with Crippen LogP contribution >= 0.6 is 0 Å². The first-order chi connectivity index (χ1) is 7.27. The molecule has 0 aliphatic heterocycles. The second-order valence-corrected chi connectivity index (χ2v) is 4.69. The minimum atomic E-state index is -0.319. The van der Waals surface area contributed by atoms with Gasteiger partial charge in [-0.3, -0.25) is 0 Å². The van der Waals surface area contributed by atoms with E-state index in [1.807, 2.05) is 13.0 Å². The molecule has 0 saturated heterocycles. The summed E-state index contributed by atoms with van der Waals surface area (Å²) < 4.78 is 5.25. The monoisotopic (exact) mass is 208 g/mol. The molecule has 1 atom stereocenters. The molecule has 1 aromatic rings. The molecule has 1 saturated carbocycles. The lowest BCUT2D eigenvalue weighted by Gasteiger charge is -2.19. The van der Waals surface area contributed by atoms with Crippen LogP contribution in [0.5, 0.6) is 0 Å². The zero-order valence-corrected chi connectivity index (χ0v) is 9.41. The molecule has 2 nitrogen and oxygen atoms in total. The van der Waals surface area contributed by atoms with Crippen molar-refractivity contribution in [3.05, 3.63) is 23.7 Å². The van der Waals surface area contributed by atoms with Crippen molar-refractivity contribution in [2.24, 2.45) is 5.92 Å². The number of furan rings is 1. The Hall–Kier alpha value is -0.760. The smallest absolute Gasteiger partial charge is 0.101 e. The van der Waals surface area contributed by atoms with Crippen LogP contribution in [-0.2, 0) is 0 Å². The normalized spacial score (nSPS) is 21.2. The molecule has 1 aromatic heterocycles. The maximum atomic E-state index is 10.2. The molecule has 1 unspecified atom stereocenters. The van der Waals surface area contributed by atoms with Gasteiger partial charge in [-0.1, -0.05) is 25.7 Å². The third-order valence-electron chi connectivity index (χ3n) is 3.44. The van der Waals surface area contributed by atoms with E-state index in [0.29, 0.717) is 5.92 Å². The summed E-state index contributed by atoms with van der Waals surface area (Å²) in [5, 5.41) is 10.2. The number of aliphatic hydroxyl groups excluding tert-OH is 1. The molecule has 84 valence electrons. The van der Waals surface area contributed by atoms with Crippen LogP contribution in [0.15, 0.2) is 16.7 Å². The van der Waals surface area contributed by atoms with Gasteiger partial charge in [0.25, 0.3) is 0 Å². The number of aryl methyl sites for hydroxylation is 1. The van der Waals surface area contributed by atoms with Gasteiger partial charge in [-0.2, -0.15) is 0 Å². The Morgan fingerprint density at radius 2 is 1.93 bits per heavy atom. The Labute approximate surface area is 91.3 Å². The predicted molar refractivity (Wildman–Crippen MR) is 59.6 cm³/mol. The number of hydrogen-bond donors (Lipinski definition) is 1. The highest BCUT2D eigenvalue weighted by Crippen LogP contribution is 2.33. The summed E-state index contributed by atoms with van der Waals surface area (Å²) in [4.78, 5) is 0. The van der Waals surface area contributed by atoms with E-state index >= 15 is 0 Å². The van der Waals surface area contributed by atoms with E-state index in [1.165, 1.54) is 25.7 Å². The van der Waals surface area contributed by atoms with Crippen molar-refractivity contribution in [1.29, 1.82) is 0 Å². The minimum Gasteiger partial charge on any atom is -0.469 e. The van der Waals surface area contributed by atoms with Gasteiger partial charge in [0.05, 0.1) is 12.4 Å². The summed E-state index contributed by atoms with van der Waals surface area (Å²) in [6.07, 6.45) is 8.88. The third kappa shape index (κ3) is 2.63. The second-order valence-electron chi connectivity index (χ2n) is 4.69. The highest BCUT2D eigenvalue weighted by molar-refractivity contribution is 5.15. The first kappa shape index (κ1) is 10.7. The van der Waals surface area contributed by atoms with Crippen LogP contribution in [-0.4, -0.2) is 5.11 Å². The van der Waals surface area contributed by atoms with Crippen molar-refractivity contribution in [3.63, 3.8) is 0 Å². The van der Waals surface area contributed by atoms with Gasteiger partial charge >= 0.3 is 0 Å². The molecule has 0 bridgehead atoms. The van der Waals surface area contributed by atoms with E-state index in [2.05, 4.69) is 0 Å². The lowest BCUT2D eigenvalue weighted by Crippen LogP contribution is -2.11. The predicted octanol–water partition coefficient (Wildman–Crippen LogP) is 3.59. The molecule has 1 heterocycles. The van der Waals surface area contributed by atoms with E-state index in [4.69, 9.17) is 4.42 Å². The molecule has 1 aliphatic carbocycles. The maximum absolute atomic E-state index is 10.2. The molecule has 0 aromatic carbocycles. The highest BCUT2D eigenvalue weighted by Gasteiger charge is 2.23. The van der Waals surface area contributed by atoms with E-state index in [1.54, 1.807) is 6.26 Å². The third-order valence-corrected chi connectivity index (χ3v) is 3.44. The van der Waals surface area contributed by atoms with Gasteiger partial charge in [0.1, 0.15) is 5.76 Å². The molecule has 1 N–H and O–H groups in total. The van der Waals surface area contributed by atoms with Crippen LogP contribution in [0.25, 0.3) is 0 Å². The molecular weight excluding hydrogens is 188 g/mol. The van der Waals surface area contributed by atoms with Crippen LogP contribution in [0.2, 0.25) is 0 Å². The van der Waals surface area contributed by atoms with Crippen LogP contribution in [0.3, 0.4) is 0 Å². The van der Waals surface area contributed by atoms with E-state index in [-0.39, 0.29) is 6.10 Å². The van der Waals surface area contributed by atoms with Gasteiger partial charge < -0.3 is 9.52 Å². The molecular formula is C13H20O2. The molecule has 15 heavy (non-hydrogen) atoms. The lowest BCUT2D eigenvalue weighted by atomic mass is 9.90. The Morgan fingerprint density at radius 1 is 1.27 bits per heavy atom. The fraction of sp³-hybridized carbons (Fsp3) is 0.692. The van der Waals surface area contributed by atoms with Gasteiger partial charge in [0.2, 0.25) is 0 Å². The largest absolute Gasteiger partial charge is 0.469 e. The van der Waals surface area contributed by atoms with Gasteiger partial charge in [-0.05, 0) is 31.7 Å². The van der Waals surface area contributed by atoms with Crippen LogP contribution in [0.4, 0.5) is 0 Å². The van der Waals surface area contributed by atoms with Crippen molar-refractivity contribution >= 4 is 0 Å². The summed E-state index contributed by atoms with van der Waals surface area (Å²) in [5.74, 6) is 1.32. The van der Waals surface area contributed by atoms with Gasteiger partial charge in [-0.25, -0.2) is 0 Å². The molecule has 2 heteroatoms. The summed E-state index contributed by atoms with van der Waals surface area (Å²) >= 11 is 0. The average Bonchev–Trinajstić information content (AvgIpc) is 2.53. The fourth-order valence-corrected chi connectivity index (χ4v) is 2.52. The lowest BCUT2D eigenvalue weighted by molar-refractivity contribution is 0.0982. The molecule has 0 amide bonds. The first-order valence-corrected chi connectivity index (χ1v) is 6.00. The SMILES string of the molecule is Cc1cc(C(O)C2CCCCCC2)co1. The second kappa shape index (κ2) is 4.84. The topological polar surface area (TPSA) is 33.4 Å². The quantitative estimate of drug-likeness (QED) is 0.753. The first-order valence-electron chi connectivity index (χ1n) is 6.00. The molecule has 1 aliphatic rings. The van der Waals surface area contributed by atoms with E-state index < -0.39 is 0 Å². The molecule has 0 radical (unpaired) electrons. The van der Waals surface area contributed by atoms with E-state index in [0.717, 1.165) is 24.2 Å². The minimum absolute atomic E-state index is 0.319. The Kier molecular flexibility index (Phi) is 3.47. The molecule has 0 spiro atoms. The number of rotatable bonds is 2. The maximum Gasteiger partial charge on any atom is 0.101 e. The van der Waals surface area contributed by atoms with Gasteiger partial charge in [-0.15, -0.1) is 0 Å². The zero-order valence-electron chi connectivity index (χ0n) is 9.41. The fourth-order valence-electron chi connectivity index (χ4n) is 2.52. The van der Waals surface area contributed by atoms with Crippen LogP contribution in [0.1, 0.15) is 56.0 Å². The van der Waals surface area contributed by atoms with Crippen LogP contribution < -0.4 is 0 Å². The van der Waals surface area contributed by atoms with Gasteiger partial charge in [0.15, 0.2) is 0 Å². The number of aliphatic hydroxyl groups is 1. The van der Waals surface area contributed by atoms with Crippen molar-refractivity contribution in [1.82, 2.24) is 0 Å². The summed E-state index contributed by atoms with van der Waals surface area (Å²) in [6, 6.07) is 1.95.